The molecule has 0 saturated carbocycles. The van der Waals surface area contributed by atoms with E-state index in [1.54, 1.807) is 13.2 Å². The Morgan fingerprint density at radius 1 is 0.967 bits per heavy atom. The van der Waals surface area contributed by atoms with Crippen LogP contribution < -0.4 is 9.47 Å². The molecule has 1 aliphatic heterocycles. The van der Waals surface area contributed by atoms with Crippen molar-refractivity contribution >= 4 is 17.8 Å². The number of hydrogen-bond donors (Lipinski definition) is 0. The molecule has 0 atom stereocenters. The van der Waals surface area contributed by atoms with Crippen LogP contribution in [0.15, 0.2) is 83.5 Å². The van der Waals surface area contributed by atoms with Crippen LogP contribution in [0.3, 0.4) is 0 Å². The summed E-state index contributed by atoms with van der Waals surface area (Å²) in [6, 6.07) is 23.2. The van der Waals surface area contributed by atoms with Gasteiger partial charge in [0.1, 0.15) is 12.3 Å². The Kier molecular flexibility index (Phi) is 5.61. The number of nitrogens with zero attached hydrogens (tertiary/aromatic N) is 1. The molecule has 5 nitrogen and oxygen atoms in total. The lowest BCUT2D eigenvalue weighted by molar-refractivity contribution is -0.136. The first-order valence-corrected chi connectivity index (χ1v) is 9.57. The maximum absolute atomic E-state index is 12.2. The molecule has 0 unspecified atom stereocenters. The third-order valence-corrected chi connectivity index (χ3v) is 4.76. The van der Waals surface area contributed by atoms with Gasteiger partial charge < -0.3 is 14.3 Å². The van der Waals surface area contributed by atoms with E-state index < -0.39 is 5.97 Å². The van der Waals surface area contributed by atoms with Gasteiger partial charge in [-0.15, -0.1) is 0 Å². The van der Waals surface area contributed by atoms with Crippen molar-refractivity contribution in [3.63, 3.8) is 0 Å². The predicted molar refractivity (Wildman–Crippen MR) is 116 cm³/mol. The number of rotatable bonds is 6. The summed E-state index contributed by atoms with van der Waals surface area (Å²) in [6.07, 6.45) is 1.75. The molecule has 5 heteroatoms. The van der Waals surface area contributed by atoms with Gasteiger partial charge in [-0.3, -0.25) is 0 Å². The zero-order chi connectivity index (χ0) is 20.9. The lowest BCUT2D eigenvalue weighted by Crippen LogP contribution is -2.07. The van der Waals surface area contributed by atoms with Gasteiger partial charge in [0.15, 0.2) is 11.5 Å². The van der Waals surface area contributed by atoms with E-state index in [1.165, 1.54) is 0 Å². The molecule has 0 spiro atoms. The van der Waals surface area contributed by atoms with Crippen LogP contribution >= 0.6 is 0 Å². The highest BCUT2D eigenvalue weighted by Crippen LogP contribution is 2.30. The minimum atomic E-state index is -0.478. The van der Waals surface area contributed by atoms with E-state index in [0.717, 1.165) is 22.3 Å². The van der Waals surface area contributed by atoms with Gasteiger partial charge in [0.05, 0.1) is 12.7 Å². The molecule has 150 valence electrons. The van der Waals surface area contributed by atoms with Crippen LogP contribution in [0.1, 0.15) is 22.3 Å². The number of benzene rings is 3. The maximum atomic E-state index is 12.2. The van der Waals surface area contributed by atoms with Crippen LogP contribution in [0, 0.1) is 6.92 Å². The lowest BCUT2D eigenvalue weighted by atomic mass is 10.00. The Morgan fingerprint density at radius 2 is 1.73 bits per heavy atom. The number of aryl methyl sites for hydroxylation is 1. The van der Waals surface area contributed by atoms with Crippen molar-refractivity contribution in [2.24, 2.45) is 5.16 Å². The fraction of sp³-hybridized carbons (Fsp3) is 0.120. The molecule has 1 aliphatic rings. The van der Waals surface area contributed by atoms with E-state index in [0.29, 0.717) is 29.4 Å². The fourth-order valence-corrected chi connectivity index (χ4v) is 3.12. The van der Waals surface area contributed by atoms with Crippen LogP contribution in [-0.2, 0) is 16.2 Å². The minimum Gasteiger partial charge on any atom is -0.493 e. The van der Waals surface area contributed by atoms with Gasteiger partial charge in [-0.2, -0.15) is 0 Å². The third-order valence-electron chi connectivity index (χ3n) is 4.76. The third kappa shape index (κ3) is 4.25. The highest BCUT2D eigenvalue weighted by atomic mass is 16.7. The normalized spacial score (nSPS) is 14.4. The Balaban J connectivity index is 1.58. The van der Waals surface area contributed by atoms with Crippen LogP contribution in [0.5, 0.6) is 11.5 Å². The molecule has 0 N–H and O–H groups in total. The van der Waals surface area contributed by atoms with Crippen LogP contribution in [0.4, 0.5) is 0 Å². The average Bonchev–Trinajstić information content (AvgIpc) is 3.14. The second-order valence-corrected chi connectivity index (χ2v) is 6.93. The standard InChI is InChI=1S/C25H21NO4/c1-17-8-11-20(12-9-17)24-21(25(27)30-26-24)14-19-10-13-22(23(15-19)28-2)29-16-18-6-4-3-5-7-18/h3-15H,16H2,1-2H3/b21-14-. The first-order valence-electron chi connectivity index (χ1n) is 9.57. The average molecular weight is 399 g/mol. The fourth-order valence-electron chi connectivity index (χ4n) is 3.12. The molecule has 0 aliphatic carbocycles. The summed E-state index contributed by atoms with van der Waals surface area (Å²) < 4.78 is 11.4. The molecule has 0 fully saturated rings. The molecule has 3 aromatic carbocycles. The second kappa shape index (κ2) is 8.66. The molecule has 4 rings (SSSR count). The smallest absolute Gasteiger partial charge is 0.368 e. The monoisotopic (exact) mass is 399 g/mol. The van der Waals surface area contributed by atoms with E-state index in [9.17, 15) is 4.79 Å². The Labute approximate surface area is 175 Å². The quantitative estimate of drug-likeness (QED) is 0.436. The topological polar surface area (TPSA) is 57.1 Å². The summed E-state index contributed by atoms with van der Waals surface area (Å²) in [4.78, 5) is 17.2. The van der Waals surface area contributed by atoms with Crippen molar-refractivity contribution in [2.75, 3.05) is 7.11 Å². The first-order chi connectivity index (χ1) is 14.6. The van der Waals surface area contributed by atoms with Crippen LogP contribution in [0.25, 0.3) is 6.08 Å². The minimum absolute atomic E-state index is 0.402. The van der Waals surface area contributed by atoms with Crippen LogP contribution in [0.2, 0.25) is 0 Å². The maximum Gasteiger partial charge on any atom is 0.368 e. The van der Waals surface area contributed by atoms with E-state index in [2.05, 4.69) is 5.16 Å². The summed E-state index contributed by atoms with van der Waals surface area (Å²) in [7, 11) is 1.59. The van der Waals surface area contributed by atoms with E-state index >= 15 is 0 Å². The zero-order valence-corrected chi connectivity index (χ0v) is 16.8. The SMILES string of the molecule is COc1cc(/C=C2\C(=O)ON=C2c2ccc(C)cc2)ccc1OCc1ccccc1. The van der Waals surface area contributed by atoms with Gasteiger partial charge in [-0.25, -0.2) is 4.79 Å². The van der Waals surface area contributed by atoms with Crippen molar-refractivity contribution in [3.05, 3.63) is 101 Å². The lowest BCUT2D eigenvalue weighted by Gasteiger charge is -2.11. The summed E-state index contributed by atoms with van der Waals surface area (Å²) in [5, 5.41) is 3.96. The number of methoxy groups -OCH3 is 1. The van der Waals surface area contributed by atoms with E-state index in [4.69, 9.17) is 14.3 Å². The van der Waals surface area contributed by atoms with Gasteiger partial charge in [0.25, 0.3) is 0 Å². The number of ether oxygens (including phenoxy) is 2. The Hall–Kier alpha value is -3.86. The molecule has 0 bridgehead atoms. The van der Waals surface area contributed by atoms with Crippen molar-refractivity contribution in [2.45, 2.75) is 13.5 Å². The van der Waals surface area contributed by atoms with Gasteiger partial charge >= 0.3 is 5.97 Å². The molecule has 1 heterocycles. The molecule has 3 aromatic rings. The summed E-state index contributed by atoms with van der Waals surface area (Å²) in [5.41, 5.74) is 4.73. The van der Waals surface area contributed by atoms with Crippen molar-refractivity contribution in [1.29, 1.82) is 0 Å². The number of carbonyl (C=O) groups excluding carboxylic acids is 1. The Bertz CT molecular complexity index is 1120. The number of carbonyl (C=O) groups is 1. The summed E-state index contributed by atoms with van der Waals surface area (Å²) in [6.45, 7) is 2.44. The molecular formula is C25H21NO4. The van der Waals surface area contributed by atoms with E-state index in [-0.39, 0.29) is 0 Å². The summed E-state index contributed by atoms with van der Waals surface area (Å²) >= 11 is 0. The number of oxime groups is 1. The molecule has 0 radical (unpaired) electrons. The Morgan fingerprint density at radius 3 is 2.47 bits per heavy atom. The van der Waals surface area contributed by atoms with Gasteiger partial charge in [-0.05, 0) is 36.3 Å². The molecule has 30 heavy (non-hydrogen) atoms. The molecule has 0 amide bonds. The van der Waals surface area contributed by atoms with Gasteiger partial charge in [-0.1, -0.05) is 71.4 Å². The zero-order valence-electron chi connectivity index (χ0n) is 16.8. The largest absolute Gasteiger partial charge is 0.493 e. The number of hydrogen-bond acceptors (Lipinski definition) is 5. The molecule has 0 aromatic heterocycles. The molecular weight excluding hydrogens is 378 g/mol. The predicted octanol–water partition coefficient (Wildman–Crippen LogP) is 4.93. The second-order valence-electron chi connectivity index (χ2n) is 6.93. The van der Waals surface area contributed by atoms with Crippen LogP contribution in [-0.4, -0.2) is 18.8 Å². The van der Waals surface area contributed by atoms with E-state index in [1.807, 2.05) is 79.7 Å². The highest BCUT2D eigenvalue weighted by molar-refractivity contribution is 6.31. The first kappa shape index (κ1) is 19.5. The van der Waals surface area contributed by atoms with Gasteiger partial charge in [0, 0.05) is 5.56 Å². The molecule has 0 saturated heterocycles. The van der Waals surface area contributed by atoms with Crippen molar-refractivity contribution in [1.82, 2.24) is 0 Å². The van der Waals surface area contributed by atoms with Crippen molar-refractivity contribution < 1.29 is 19.1 Å². The highest BCUT2D eigenvalue weighted by Gasteiger charge is 2.26. The van der Waals surface area contributed by atoms with Crippen molar-refractivity contribution in [3.8, 4) is 11.5 Å². The summed E-state index contributed by atoms with van der Waals surface area (Å²) in [5.74, 6) is 0.736. The van der Waals surface area contributed by atoms with Gasteiger partial charge in [0.2, 0.25) is 0 Å².